The molecule has 2 unspecified atom stereocenters. The predicted molar refractivity (Wildman–Crippen MR) is 66.5 cm³/mol. The van der Waals surface area contributed by atoms with E-state index in [1.807, 2.05) is 0 Å². The van der Waals surface area contributed by atoms with Crippen LogP contribution in [0.4, 0.5) is 4.39 Å². The molecule has 3 N–H and O–H groups in total. The lowest BCUT2D eigenvalue weighted by Gasteiger charge is -2.35. The normalized spacial score (nSPS) is 29.3. The van der Waals surface area contributed by atoms with E-state index in [4.69, 9.17) is 17.3 Å². The summed E-state index contributed by atoms with van der Waals surface area (Å²) in [5.74, 6) is -0.356. The lowest BCUT2D eigenvalue weighted by molar-refractivity contribution is -0.00256. The van der Waals surface area contributed by atoms with Gasteiger partial charge in [-0.1, -0.05) is 17.7 Å². The van der Waals surface area contributed by atoms with Crippen molar-refractivity contribution < 1.29 is 9.50 Å². The molecule has 94 valence electrons. The summed E-state index contributed by atoms with van der Waals surface area (Å²) >= 11 is 5.96. The molecule has 1 aromatic rings. The second kappa shape index (κ2) is 4.92. The van der Waals surface area contributed by atoms with Crippen molar-refractivity contribution in [1.82, 2.24) is 0 Å². The van der Waals surface area contributed by atoms with E-state index in [9.17, 15) is 9.50 Å². The highest BCUT2D eigenvalue weighted by Crippen LogP contribution is 2.33. The van der Waals surface area contributed by atoms with Crippen molar-refractivity contribution in [3.8, 4) is 0 Å². The van der Waals surface area contributed by atoms with Crippen molar-refractivity contribution in [1.29, 1.82) is 0 Å². The van der Waals surface area contributed by atoms with Crippen molar-refractivity contribution >= 4 is 11.6 Å². The van der Waals surface area contributed by atoms with Crippen LogP contribution < -0.4 is 5.73 Å². The van der Waals surface area contributed by atoms with Gasteiger partial charge in [-0.25, -0.2) is 4.39 Å². The van der Waals surface area contributed by atoms with Gasteiger partial charge in [-0.05, 0) is 37.8 Å². The van der Waals surface area contributed by atoms with Crippen molar-refractivity contribution in [3.63, 3.8) is 0 Å². The Kier molecular flexibility index (Phi) is 3.71. The standard InChI is InChI=1S/C13H17ClFNO/c14-11-4-1-5-12(15)10(11)8-13(17)6-2-3-9(16)7-13/h1,4-5,9,17H,2-3,6-8,16H2. The number of hydrogen-bond acceptors (Lipinski definition) is 2. The van der Waals surface area contributed by atoms with Crippen LogP contribution in [0.5, 0.6) is 0 Å². The van der Waals surface area contributed by atoms with Crippen LogP contribution in [0, 0.1) is 5.82 Å². The van der Waals surface area contributed by atoms with Gasteiger partial charge in [0.2, 0.25) is 0 Å². The summed E-state index contributed by atoms with van der Waals surface area (Å²) < 4.78 is 13.6. The molecule has 2 rings (SSSR count). The van der Waals surface area contributed by atoms with Crippen LogP contribution in [-0.2, 0) is 6.42 Å². The van der Waals surface area contributed by atoms with Crippen LogP contribution in [-0.4, -0.2) is 16.7 Å². The van der Waals surface area contributed by atoms with Gasteiger partial charge < -0.3 is 10.8 Å². The molecule has 1 aliphatic carbocycles. The summed E-state index contributed by atoms with van der Waals surface area (Å²) in [6.07, 6.45) is 3.21. The summed E-state index contributed by atoms with van der Waals surface area (Å²) in [5.41, 5.74) is 5.33. The predicted octanol–water partition coefficient (Wildman–Crippen LogP) is 2.65. The maximum absolute atomic E-state index is 13.6. The maximum Gasteiger partial charge on any atom is 0.127 e. The Balaban J connectivity index is 2.19. The Morgan fingerprint density at radius 1 is 1.53 bits per heavy atom. The van der Waals surface area contributed by atoms with Gasteiger partial charge in [-0.2, -0.15) is 0 Å². The van der Waals surface area contributed by atoms with Crippen molar-refractivity contribution in [2.24, 2.45) is 5.73 Å². The molecule has 0 heterocycles. The fourth-order valence-electron chi connectivity index (χ4n) is 2.58. The monoisotopic (exact) mass is 257 g/mol. The van der Waals surface area contributed by atoms with Crippen molar-refractivity contribution in [2.45, 2.75) is 43.7 Å². The molecule has 0 spiro atoms. The second-order valence-corrected chi connectivity index (χ2v) is 5.36. The van der Waals surface area contributed by atoms with E-state index < -0.39 is 5.60 Å². The highest BCUT2D eigenvalue weighted by atomic mass is 35.5. The smallest absolute Gasteiger partial charge is 0.127 e. The molecule has 1 aliphatic rings. The van der Waals surface area contributed by atoms with Crippen LogP contribution in [0.2, 0.25) is 5.02 Å². The number of halogens is 2. The molecule has 4 heteroatoms. The number of nitrogens with two attached hydrogens (primary N) is 1. The maximum atomic E-state index is 13.6. The summed E-state index contributed by atoms with van der Waals surface area (Å²) in [6, 6.07) is 4.58. The molecular weight excluding hydrogens is 241 g/mol. The Morgan fingerprint density at radius 3 is 2.94 bits per heavy atom. The van der Waals surface area contributed by atoms with Crippen LogP contribution in [0.3, 0.4) is 0 Å². The largest absolute Gasteiger partial charge is 0.389 e. The Morgan fingerprint density at radius 2 is 2.29 bits per heavy atom. The van der Waals surface area contributed by atoms with Gasteiger partial charge >= 0.3 is 0 Å². The van der Waals surface area contributed by atoms with E-state index in [0.717, 1.165) is 12.8 Å². The molecule has 0 amide bonds. The van der Waals surface area contributed by atoms with E-state index in [0.29, 0.717) is 23.4 Å². The third kappa shape index (κ3) is 2.97. The zero-order valence-corrected chi connectivity index (χ0v) is 10.4. The van der Waals surface area contributed by atoms with Gasteiger partial charge in [0.15, 0.2) is 0 Å². The lowest BCUT2D eigenvalue weighted by atomic mass is 9.78. The molecule has 0 bridgehead atoms. The minimum atomic E-state index is -0.913. The first-order valence-electron chi connectivity index (χ1n) is 5.91. The third-order valence-electron chi connectivity index (χ3n) is 3.43. The van der Waals surface area contributed by atoms with E-state index in [1.54, 1.807) is 12.1 Å². The van der Waals surface area contributed by atoms with Crippen LogP contribution in [0.1, 0.15) is 31.2 Å². The molecule has 17 heavy (non-hydrogen) atoms. The topological polar surface area (TPSA) is 46.2 Å². The highest BCUT2D eigenvalue weighted by molar-refractivity contribution is 6.31. The number of rotatable bonds is 2. The van der Waals surface area contributed by atoms with Gasteiger partial charge in [-0.15, -0.1) is 0 Å². The molecule has 2 atom stereocenters. The first-order valence-corrected chi connectivity index (χ1v) is 6.29. The third-order valence-corrected chi connectivity index (χ3v) is 3.78. The first-order chi connectivity index (χ1) is 8.00. The second-order valence-electron chi connectivity index (χ2n) is 4.96. The van der Waals surface area contributed by atoms with E-state index >= 15 is 0 Å². The van der Waals surface area contributed by atoms with Crippen molar-refractivity contribution in [3.05, 3.63) is 34.6 Å². The van der Waals surface area contributed by atoms with Crippen molar-refractivity contribution in [2.75, 3.05) is 0 Å². The SMILES string of the molecule is NC1CCCC(O)(Cc2c(F)cccc2Cl)C1. The summed E-state index contributed by atoms with van der Waals surface area (Å²) in [5, 5.41) is 10.8. The van der Waals surface area contributed by atoms with Gasteiger partial charge in [0.05, 0.1) is 5.60 Å². The molecule has 2 nitrogen and oxygen atoms in total. The Bertz CT molecular complexity index is 392. The summed E-state index contributed by atoms with van der Waals surface area (Å²) in [4.78, 5) is 0. The zero-order chi connectivity index (χ0) is 12.5. The molecule has 0 saturated heterocycles. The minimum absolute atomic E-state index is 0.000649. The van der Waals surface area contributed by atoms with E-state index in [1.165, 1.54) is 6.07 Å². The van der Waals surface area contributed by atoms with E-state index in [-0.39, 0.29) is 18.3 Å². The molecule has 1 fully saturated rings. The van der Waals surface area contributed by atoms with Gasteiger partial charge in [0.25, 0.3) is 0 Å². The molecule has 1 saturated carbocycles. The molecule has 0 aromatic heterocycles. The highest BCUT2D eigenvalue weighted by Gasteiger charge is 2.34. The average molecular weight is 258 g/mol. The first kappa shape index (κ1) is 12.8. The zero-order valence-electron chi connectivity index (χ0n) is 9.63. The molecular formula is C13H17ClFNO. The van der Waals surface area contributed by atoms with Gasteiger partial charge in [0, 0.05) is 23.0 Å². The fourth-order valence-corrected chi connectivity index (χ4v) is 2.81. The van der Waals surface area contributed by atoms with Gasteiger partial charge in [-0.3, -0.25) is 0 Å². The Labute approximate surface area is 106 Å². The molecule has 0 aliphatic heterocycles. The number of benzene rings is 1. The quantitative estimate of drug-likeness (QED) is 0.856. The number of hydrogen-bond donors (Lipinski definition) is 2. The molecule has 1 aromatic carbocycles. The Hall–Kier alpha value is -0.640. The van der Waals surface area contributed by atoms with Crippen LogP contribution >= 0.6 is 11.6 Å². The van der Waals surface area contributed by atoms with E-state index in [2.05, 4.69) is 0 Å². The fraction of sp³-hybridized carbons (Fsp3) is 0.538. The summed E-state index contributed by atoms with van der Waals surface area (Å²) in [7, 11) is 0. The lowest BCUT2D eigenvalue weighted by Crippen LogP contribution is -2.42. The van der Waals surface area contributed by atoms with Crippen LogP contribution in [0.15, 0.2) is 18.2 Å². The summed E-state index contributed by atoms with van der Waals surface area (Å²) in [6.45, 7) is 0. The number of aliphatic hydroxyl groups is 1. The minimum Gasteiger partial charge on any atom is -0.389 e. The average Bonchev–Trinajstić information content (AvgIpc) is 2.23. The van der Waals surface area contributed by atoms with Gasteiger partial charge in [0.1, 0.15) is 5.82 Å². The van der Waals surface area contributed by atoms with Crippen LogP contribution in [0.25, 0.3) is 0 Å². The molecule has 0 radical (unpaired) electrons.